The van der Waals surface area contributed by atoms with Crippen LogP contribution in [0.1, 0.15) is 62.4 Å². The normalized spacial score (nSPS) is 22.1. The third kappa shape index (κ3) is 2.74. The minimum Gasteiger partial charge on any atom is -0.311 e. The van der Waals surface area contributed by atoms with Crippen LogP contribution in [0.2, 0.25) is 0 Å². The monoisotopic (exact) mass is 331 g/mol. The Morgan fingerprint density at radius 3 is 2.83 bits per heavy atom. The fourth-order valence-corrected chi connectivity index (χ4v) is 5.49. The molecular formula is C18H25N3OS. The largest absolute Gasteiger partial charge is 0.311 e. The Kier molecular flexibility index (Phi) is 4.01. The Morgan fingerprint density at radius 1 is 1.30 bits per heavy atom. The van der Waals surface area contributed by atoms with E-state index in [1.807, 2.05) is 4.57 Å². The number of aromatic nitrogens is 2. The van der Waals surface area contributed by atoms with Gasteiger partial charge in [-0.25, -0.2) is 4.98 Å². The van der Waals surface area contributed by atoms with Gasteiger partial charge >= 0.3 is 0 Å². The summed E-state index contributed by atoms with van der Waals surface area (Å²) in [4.78, 5) is 20.0. The SMILES string of the molecule is CC(C)NC1CCc2c(sc3ncn(C4CCCC4)c(=O)c23)C1. The predicted octanol–water partition coefficient (Wildman–Crippen LogP) is 3.43. The summed E-state index contributed by atoms with van der Waals surface area (Å²) < 4.78 is 1.92. The van der Waals surface area contributed by atoms with Gasteiger partial charge in [-0.15, -0.1) is 11.3 Å². The molecule has 0 spiro atoms. The van der Waals surface area contributed by atoms with Gasteiger partial charge in [0.1, 0.15) is 4.83 Å². The number of nitrogens with zero attached hydrogens (tertiary/aromatic N) is 2. The molecule has 0 bridgehead atoms. The first-order valence-electron chi connectivity index (χ1n) is 8.91. The Morgan fingerprint density at radius 2 is 2.09 bits per heavy atom. The maximum absolute atomic E-state index is 13.0. The zero-order chi connectivity index (χ0) is 16.0. The fourth-order valence-electron chi connectivity index (χ4n) is 4.24. The van der Waals surface area contributed by atoms with E-state index in [2.05, 4.69) is 24.1 Å². The molecule has 0 saturated heterocycles. The second-order valence-electron chi connectivity index (χ2n) is 7.34. The average molecular weight is 331 g/mol. The Bertz CT molecular complexity index is 770. The molecule has 1 N–H and O–H groups in total. The molecule has 4 rings (SSSR count). The van der Waals surface area contributed by atoms with Crippen molar-refractivity contribution in [2.75, 3.05) is 0 Å². The standard InChI is InChI=1S/C18H25N3OS/c1-11(2)20-12-7-8-14-15(9-12)23-17-16(14)18(22)21(10-19-17)13-5-3-4-6-13/h10-13,20H,3-9H2,1-2H3. The summed E-state index contributed by atoms with van der Waals surface area (Å²) in [6.07, 6.45) is 9.68. The van der Waals surface area contributed by atoms with Crippen LogP contribution in [0.3, 0.4) is 0 Å². The highest BCUT2D eigenvalue weighted by Gasteiger charge is 2.27. The first kappa shape index (κ1) is 15.3. The summed E-state index contributed by atoms with van der Waals surface area (Å²) in [5, 5.41) is 4.56. The van der Waals surface area contributed by atoms with E-state index < -0.39 is 0 Å². The molecule has 2 heterocycles. The summed E-state index contributed by atoms with van der Waals surface area (Å²) in [5.74, 6) is 0. The van der Waals surface area contributed by atoms with Crippen LogP contribution < -0.4 is 10.9 Å². The summed E-state index contributed by atoms with van der Waals surface area (Å²) >= 11 is 1.73. The lowest BCUT2D eigenvalue weighted by Gasteiger charge is -2.25. The van der Waals surface area contributed by atoms with Crippen molar-refractivity contribution in [3.05, 3.63) is 27.1 Å². The highest BCUT2D eigenvalue weighted by molar-refractivity contribution is 7.18. The van der Waals surface area contributed by atoms with Gasteiger partial charge in [0.05, 0.1) is 11.7 Å². The van der Waals surface area contributed by atoms with Crippen molar-refractivity contribution in [3.63, 3.8) is 0 Å². The third-order valence-corrected chi connectivity index (χ3v) is 6.44. The number of rotatable bonds is 3. The highest BCUT2D eigenvalue weighted by atomic mass is 32.1. The maximum Gasteiger partial charge on any atom is 0.262 e. The summed E-state index contributed by atoms with van der Waals surface area (Å²) in [6.45, 7) is 4.39. The van der Waals surface area contributed by atoms with Crippen LogP contribution in [-0.4, -0.2) is 21.6 Å². The predicted molar refractivity (Wildman–Crippen MR) is 95.5 cm³/mol. The molecule has 2 aromatic heterocycles. The first-order valence-corrected chi connectivity index (χ1v) is 9.72. The van der Waals surface area contributed by atoms with E-state index in [4.69, 9.17) is 0 Å². The van der Waals surface area contributed by atoms with Gasteiger partial charge in [-0.3, -0.25) is 9.36 Å². The molecule has 4 nitrogen and oxygen atoms in total. The van der Waals surface area contributed by atoms with Gasteiger partial charge < -0.3 is 5.32 Å². The lowest BCUT2D eigenvalue weighted by Crippen LogP contribution is -2.38. The summed E-state index contributed by atoms with van der Waals surface area (Å²) in [5.41, 5.74) is 1.49. The van der Waals surface area contributed by atoms with Gasteiger partial charge in [-0.1, -0.05) is 26.7 Å². The molecule has 1 saturated carbocycles. The molecule has 2 aromatic rings. The molecular weight excluding hydrogens is 306 g/mol. The number of fused-ring (bicyclic) bond motifs is 3. The molecule has 1 unspecified atom stereocenters. The quantitative estimate of drug-likeness (QED) is 0.937. The van der Waals surface area contributed by atoms with Crippen LogP contribution in [0.15, 0.2) is 11.1 Å². The summed E-state index contributed by atoms with van der Waals surface area (Å²) in [7, 11) is 0. The number of thiophene rings is 1. The molecule has 23 heavy (non-hydrogen) atoms. The summed E-state index contributed by atoms with van der Waals surface area (Å²) in [6, 6.07) is 1.41. The van der Waals surface area contributed by atoms with Gasteiger partial charge in [0, 0.05) is 23.0 Å². The fraction of sp³-hybridized carbons (Fsp3) is 0.667. The molecule has 0 radical (unpaired) electrons. The van der Waals surface area contributed by atoms with Crippen molar-refractivity contribution in [1.82, 2.24) is 14.9 Å². The van der Waals surface area contributed by atoms with Crippen molar-refractivity contribution >= 4 is 21.6 Å². The zero-order valence-corrected chi connectivity index (χ0v) is 14.8. The Hall–Kier alpha value is -1.20. The minimum absolute atomic E-state index is 0.203. The second-order valence-corrected chi connectivity index (χ2v) is 8.42. The van der Waals surface area contributed by atoms with Crippen molar-refractivity contribution in [3.8, 4) is 0 Å². The molecule has 2 aliphatic rings. The molecule has 0 aromatic carbocycles. The topological polar surface area (TPSA) is 46.9 Å². The van der Waals surface area contributed by atoms with Gasteiger partial charge in [-0.2, -0.15) is 0 Å². The van der Waals surface area contributed by atoms with E-state index in [1.54, 1.807) is 17.7 Å². The van der Waals surface area contributed by atoms with Crippen molar-refractivity contribution in [2.24, 2.45) is 0 Å². The molecule has 1 atom stereocenters. The van der Waals surface area contributed by atoms with Gasteiger partial charge in [0.25, 0.3) is 5.56 Å². The number of aryl methyl sites for hydroxylation is 1. The van der Waals surface area contributed by atoms with Crippen LogP contribution in [0, 0.1) is 0 Å². The van der Waals surface area contributed by atoms with Crippen molar-refractivity contribution in [1.29, 1.82) is 0 Å². The Balaban J connectivity index is 1.73. The third-order valence-electron chi connectivity index (χ3n) is 5.28. The number of hydrogen-bond donors (Lipinski definition) is 1. The van der Waals surface area contributed by atoms with E-state index in [1.165, 1.54) is 23.3 Å². The first-order chi connectivity index (χ1) is 11.1. The minimum atomic E-state index is 0.203. The number of hydrogen-bond acceptors (Lipinski definition) is 4. The van der Waals surface area contributed by atoms with E-state index in [0.29, 0.717) is 18.1 Å². The Labute approximate surface area is 140 Å². The van der Waals surface area contributed by atoms with E-state index in [0.717, 1.165) is 42.3 Å². The zero-order valence-electron chi connectivity index (χ0n) is 14.0. The lowest BCUT2D eigenvalue weighted by molar-refractivity contribution is 0.425. The van der Waals surface area contributed by atoms with E-state index in [9.17, 15) is 4.79 Å². The average Bonchev–Trinajstić information content (AvgIpc) is 3.13. The van der Waals surface area contributed by atoms with Gasteiger partial charge in [-0.05, 0) is 37.7 Å². The number of nitrogens with one attached hydrogen (secondary N) is 1. The molecule has 0 aliphatic heterocycles. The molecule has 124 valence electrons. The van der Waals surface area contributed by atoms with Crippen LogP contribution >= 0.6 is 11.3 Å². The van der Waals surface area contributed by atoms with Gasteiger partial charge in [0.2, 0.25) is 0 Å². The van der Waals surface area contributed by atoms with Crippen LogP contribution in [0.25, 0.3) is 10.2 Å². The smallest absolute Gasteiger partial charge is 0.262 e. The molecule has 5 heteroatoms. The van der Waals surface area contributed by atoms with Crippen LogP contribution in [0.5, 0.6) is 0 Å². The molecule has 2 aliphatic carbocycles. The highest BCUT2D eigenvalue weighted by Crippen LogP contribution is 2.35. The van der Waals surface area contributed by atoms with Crippen molar-refractivity contribution < 1.29 is 0 Å². The molecule has 1 fully saturated rings. The van der Waals surface area contributed by atoms with Crippen LogP contribution in [0.4, 0.5) is 0 Å². The maximum atomic E-state index is 13.0. The van der Waals surface area contributed by atoms with E-state index >= 15 is 0 Å². The second kappa shape index (κ2) is 6.02. The molecule has 0 amide bonds. The van der Waals surface area contributed by atoms with E-state index in [-0.39, 0.29) is 5.56 Å². The lowest BCUT2D eigenvalue weighted by atomic mass is 9.92. The van der Waals surface area contributed by atoms with Crippen molar-refractivity contribution in [2.45, 2.75) is 76.9 Å². The van der Waals surface area contributed by atoms with Gasteiger partial charge in [0.15, 0.2) is 0 Å². The van der Waals surface area contributed by atoms with Crippen LogP contribution in [-0.2, 0) is 12.8 Å².